The van der Waals surface area contributed by atoms with Crippen LogP contribution in [0.2, 0.25) is 5.02 Å². The van der Waals surface area contributed by atoms with E-state index in [-0.39, 0.29) is 11.4 Å². The molecule has 0 heterocycles. The van der Waals surface area contributed by atoms with Gasteiger partial charge in [-0.3, -0.25) is 4.79 Å². The molecule has 0 atom stereocenters. The van der Waals surface area contributed by atoms with Gasteiger partial charge in [0.2, 0.25) is 5.91 Å². The highest BCUT2D eigenvalue weighted by atomic mass is 35.5. The molecule has 3 heteroatoms. The number of amides is 1. The van der Waals surface area contributed by atoms with Gasteiger partial charge in [0.1, 0.15) is 0 Å². The van der Waals surface area contributed by atoms with E-state index in [1.807, 2.05) is 42.5 Å². The van der Waals surface area contributed by atoms with Gasteiger partial charge in [-0.1, -0.05) is 54.1 Å². The molecule has 3 rings (SSSR count). The minimum atomic E-state index is -0.162. The normalized spacial score (nSPS) is 16.0. The Morgan fingerprint density at radius 2 is 1.71 bits per heavy atom. The Bertz CT molecular complexity index is 617. The first-order chi connectivity index (χ1) is 10.2. The van der Waals surface area contributed by atoms with Gasteiger partial charge in [-0.2, -0.15) is 0 Å². The van der Waals surface area contributed by atoms with Gasteiger partial charge in [-0.25, -0.2) is 0 Å². The molecule has 108 valence electrons. The maximum Gasteiger partial charge on any atom is 0.225 e. The van der Waals surface area contributed by atoms with Gasteiger partial charge in [0, 0.05) is 5.02 Å². The molecule has 1 saturated carbocycles. The fraction of sp³-hybridized carbons (Fsp3) is 0.278. The van der Waals surface area contributed by atoms with Gasteiger partial charge in [-0.15, -0.1) is 0 Å². The molecular weight excluding hydrogens is 282 g/mol. The highest BCUT2D eigenvalue weighted by Crippen LogP contribution is 2.41. The topological polar surface area (TPSA) is 29.1 Å². The molecule has 0 saturated heterocycles. The van der Waals surface area contributed by atoms with Gasteiger partial charge in [-0.05, 0) is 42.5 Å². The molecule has 1 fully saturated rings. The fourth-order valence-electron chi connectivity index (χ4n) is 2.87. The Morgan fingerprint density at radius 3 is 2.29 bits per heavy atom. The highest BCUT2D eigenvalue weighted by molar-refractivity contribution is 6.30. The molecule has 2 aromatic carbocycles. The molecule has 0 bridgehead atoms. The van der Waals surface area contributed by atoms with E-state index in [0.717, 1.165) is 24.8 Å². The summed E-state index contributed by atoms with van der Waals surface area (Å²) < 4.78 is 0. The molecular formula is C18H18ClNO. The predicted molar refractivity (Wildman–Crippen MR) is 85.3 cm³/mol. The molecule has 2 nitrogen and oxygen atoms in total. The second-order valence-corrected chi connectivity index (χ2v) is 6.09. The average molecular weight is 300 g/mol. The first-order valence-corrected chi connectivity index (χ1v) is 7.67. The first kappa shape index (κ1) is 14.2. The molecule has 1 aliphatic carbocycles. The van der Waals surface area contributed by atoms with Crippen molar-refractivity contribution in [3.63, 3.8) is 0 Å². The minimum absolute atomic E-state index is 0.0703. The van der Waals surface area contributed by atoms with Crippen LogP contribution in [-0.4, -0.2) is 5.91 Å². The van der Waals surface area contributed by atoms with E-state index in [0.29, 0.717) is 11.4 Å². The van der Waals surface area contributed by atoms with Gasteiger partial charge < -0.3 is 5.32 Å². The van der Waals surface area contributed by atoms with E-state index in [1.165, 1.54) is 5.56 Å². The maximum atomic E-state index is 12.3. The smallest absolute Gasteiger partial charge is 0.225 e. The summed E-state index contributed by atoms with van der Waals surface area (Å²) in [6.07, 6.45) is 3.59. The van der Waals surface area contributed by atoms with Crippen LogP contribution in [0.1, 0.15) is 30.4 Å². The standard InChI is InChI=1S/C18H18ClNO/c19-16-9-7-14(8-10-16)13-17(21)20-18(11-4-12-18)15-5-2-1-3-6-15/h1-3,5-10H,4,11-13H2,(H,20,21). The lowest BCUT2D eigenvalue weighted by Gasteiger charge is -2.43. The lowest BCUT2D eigenvalue weighted by atomic mass is 9.71. The maximum absolute atomic E-state index is 12.3. The van der Waals surface area contributed by atoms with Crippen molar-refractivity contribution in [3.8, 4) is 0 Å². The first-order valence-electron chi connectivity index (χ1n) is 7.29. The summed E-state index contributed by atoms with van der Waals surface area (Å²) in [7, 11) is 0. The molecule has 1 amide bonds. The van der Waals surface area contributed by atoms with Crippen LogP contribution in [0.4, 0.5) is 0 Å². The summed E-state index contributed by atoms with van der Waals surface area (Å²) >= 11 is 5.87. The lowest BCUT2D eigenvalue weighted by Crippen LogP contribution is -2.51. The van der Waals surface area contributed by atoms with Gasteiger partial charge in [0.15, 0.2) is 0 Å². The monoisotopic (exact) mass is 299 g/mol. The van der Waals surface area contributed by atoms with Crippen molar-refractivity contribution < 1.29 is 4.79 Å². The zero-order chi connectivity index (χ0) is 14.7. The van der Waals surface area contributed by atoms with Crippen LogP contribution >= 0.6 is 11.6 Å². The van der Waals surface area contributed by atoms with Crippen LogP contribution in [0, 0.1) is 0 Å². The zero-order valence-electron chi connectivity index (χ0n) is 11.8. The number of carbonyl (C=O) groups is 1. The number of hydrogen-bond donors (Lipinski definition) is 1. The Labute approximate surface area is 130 Å². The minimum Gasteiger partial charge on any atom is -0.346 e. The van der Waals surface area contributed by atoms with Gasteiger partial charge >= 0.3 is 0 Å². The Morgan fingerprint density at radius 1 is 1.05 bits per heavy atom. The van der Waals surface area contributed by atoms with E-state index in [4.69, 9.17) is 11.6 Å². The van der Waals surface area contributed by atoms with Crippen LogP contribution in [0.15, 0.2) is 54.6 Å². The number of halogens is 1. The van der Waals surface area contributed by atoms with Crippen LogP contribution in [0.5, 0.6) is 0 Å². The Balaban J connectivity index is 1.70. The summed E-state index contributed by atoms with van der Waals surface area (Å²) in [5.74, 6) is 0.0703. The summed E-state index contributed by atoms with van der Waals surface area (Å²) in [6.45, 7) is 0. The Kier molecular flexibility index (Phi) is 3.98. The van der Waals surface area contributed by atoms with Gasteiger partial charge in [0.25, 0.3) is 0 Å². The van der Waals surface area contributed by atoms with E-state index in [1.54, 1.807) is 0 Å². The molecule has 0 unspecified atom stereocenters. The van der Waals surface area contributed by atoms with Crippen LogP contribution in [-0.2, 0) is 16.8 Å². The molecule has 0 radical (unpaired) electrons. The lowest BCUT2D eigenvalue weighted by molar-refractivity contribution is -0.123. The second kappa shape index (κ2) is 5.90. The van der Waals surface area contributed by atoms with Crippen molar-refractivity contribution in [2.75, 3.05) is 0 Å². The van der Waals surface area contributed by atoms with Gasteiger partial charge in [0.05, 0.1) is 12.0 Å². The van der Waals surface area contributed by atoms with Crippen LogP contribution in [0.25, 0.3) is 0 Å². The molecule has 0 aliphatic heterocycles. The number of nitrogens with one attached hydrogen (secondary N) is 1. The molecule has 21 heavy (non-hydrogen) atoms. The predicted octanol–water partition coefficient (Wildman–Crippen LogP) is 4.08. The van der Waals surface area contributed by atoms with Crippen molar-refractivity contribution in [2.24, 2.45) is 0 Å². The molecule has 2 aromatic rings. The van der Waals surface area contributed by atoms with E-state index >= 15 is 0 Å². The van der Waals surface area contributed by atoms with Crippen LogP contribution < -0.4 is 5.32 Å². The summed E-state index contributed by atoms with van der Waals surface area (Å²) in [6, 6.07) is 17.7. The van der Waals surface area contributed by atoms with Crippen LogP contribution in [0.3, 0.4) is 0 Å². The number of rotatable bonds is 4. The van der Waals surface area contributed by atoms with E-state index in [9.17, 15) is 4.79 Å². The van der Waals surface area contributed by atoms with Crippen molar-refractivity contribution in [3.05, 3.63) is 70.7 Å². The third kappa shape index (κ3) is 3.11. The summed E-state index contributed by atoms with van der Waals surface area (Å²) in [5.41, 5.74) is 2.03. The molecule has 1 N–H and O–H groups in total. The second-order valence-electron chi connectivity index (χ2n) is 5.65. The third-order valence-electron chi connectivity index (χ3n) is 4.19. The molecule has 0 aromatic heterocycles. The van der Waals surface area contributed by atoms with Crippen molar-refractivity contribution in [1.29, 1.82) is 0 Å². The van der Waals surface area contributed by atoms with Crippen molar-refractivity contribution in [1.82, 2.24) is 5.32 Å². The van der Waals surface area contributed by atoms with Crippen molar-refractivity contribution >= 4 is 17.5 Å². The molecule has 0 spiro atoms. The SMILES string of the molecule is O=C(Cc1ccc(Cl)cc1)NC1(c2ccccc2)CCC1. The molecule has 1 aliphatic rings. The van der Waals surface area contributed by atoms with E-state index < -0.39 is 0 Å². The highest BCUT2D eigenvalue weighted by Gasteiger charge is 2.39. The third-order valence-corrected chi connectivity index (χ3v) is 4.44. The zero-order valence-corrected chi connectivity index (χ0v) is 12.6. The Hall–Kier alpha value is -1.80. The largest absolute Gasteiger partial charge is 0.346 e. The summed E-state index contributed by atoms with van der Waals surface area (Å²) in [4.78, 5) is 12.3. The van der Waals surface area contributed by atoms with Crippen molar-refractivity contribution in [2.45, 2.75) is 31.2 Å². The van der Waals surface area contributed by atoms with E-state index in [2.05, 4.69) is 17.4 Å². The summed E-state index contributed by atoms with van der Waals surface area (Å²) in [5, 5.41) is 3.93. The quantitative estimate of drug-likeness (QED) is 0.905. The number of carbonyl (C=O) groups excluding carboxylic acids is 1. The number of benzene rings is 2. The fourth-order valence-corrected chi connectivity index (χ4v) is 3.00. The average Bonchev–Trinajstić information content (AvgIpc) is 2.46. The number of hydrogen-bond acceptors (Lipinski definition) is 1.